The average Bonchev–Trinajstić information content (AvgIpc) is 2.96. The second-order valence-electron chi connectivity index (χ2n) is 3.95. The summed E-state index contributed by atoms with van der Waals surface area (Å²) in [6, 6.07) is 5.41. The molecule has 0 amide bonds. The molecule has 2 rings (SSSR count). The molecular formula is C14H16N2O5. The zero-order valence-corrected chi connectivity index (χ0v) is 12.0. The predicted molar refractivity (Wildman–Crippen MR) is 75.3 cm³/mol. The highest BCUT2D eigenvalue weighted by Gasteiger charge is 2.14. The summed E-state index contributed by atoms with van der Waals surface area (Å²) in [4.78, 5) is 15.5. The fraction of sp³-hybridized carbons (Fsp3) is 0.286. The van der Waals surface area contributed by atoms with E-state index in [0.29, 0.717) is 17.2 Å². The lowest BCUT2D eigenvalue weighted by Crippen LogP contribution is -2.05. The minimum Gasteiger partial charge on any atom is -0.497 e. The molecule has 0 aliphatic rings. The number of aromatic nitrogens is 1. The van der Waals surface area contributed by atoms with E-state index in [2.05, 4.69) is 10.3 Å². The monoisotopic (exact) mass is 292 g/mol. The highest BCUT2D eigenvalue weighted by Crippen LogP contribution is 2.31. The molecule has 1 aromatic heterocycles. The van der Waals surface area contributed by atoms with Crippen molar-refractivity contribution >= 4 is 17.7 Å². The minimum atomic E-state index is -0.531. The first-order valence-electron chi connectivity index (χ1n) is 6.29. The second-order valence-corrected chi connectivity index (χ2v) is 3.95. The Bertz CT molecular complexity index is 624. The van der Waals surface area contributed by atoms with Gasteiger partial charge in [0.2, 0.25) is 0 Å². The number of hydrogen-bond acceptors (Lipinski definition) is 7. The fourth-order valence-electron chi connectivity index (χ4n) is 1.65. The summed E-state index contributed by atoms with van der Waals surface area (Å²) in [7, 11) is 3.11. The molecule has 0 spiro atoms. The minimum absolute atomic E-state index is 0.104. The van der Waals surface area contributed by atoms with Crippen LogP contribution in [0.5, 0.6) is 11.5 Å². The van der Waals surface area contributed by atoms with Crippen molar-refractivity contribution < 1.29 is 23.4 Å². The Morgan fingerprint density at radius 2 is 2.14 bits per heavy atom. The van der Waals surface area contributed by atoms with Gasteiger partial charge in [-0.05, 0) is 19.1 Å². The maximum absolute atomic E-state index is 11.5. The van der Waals surface area contributed by atoms with E-state index < -0.39 is 5.97 Å². The number of nitrogens with one attached hydrogen (secondary N) is 1. The molecule has 112 valence electrons. The molecule has 7 nitrogen and oxygen atoms in total. The van der Waals surface area contributed by atoms with Crippen LogP contribution in [0.3, 0.4) is 0 Å². The number of oxazole rings is 1. The van der Waals surface area contributed by atoms with Crippen LogP contribution in [0.2, 0.25) is 0 Å². The molecule has 21 heavy (non-hydrogen) atoms. The lowest BCUT2D eigenvalue weighted by atomic mass is 10.2. The highest BCUT2D eigenvalue weighted by atomic mass is 16.5. The third-order valence-corrected chi connectivity index (χ3v) is 2.64. The molecule has 2 aromatic rings. The largest absolute Gasteiger partial charge is 0.497 e. The summed E-state index contributed by atoms with van der Waals surface area (Å²) in [5.74, 6) is 0.693. The van der Waals surface area contributed by atoms with Gasteiger partial charge < -0.3 is 23.9 Å². The summed E-state index contributed by atoms with van der Waals surface area (Å²) < 4.78 is 20.4. The maximum Gasteiger partial charge on any atom is 0.360 e. The van der Waals surface area contributed by atoms with E-state index in [9.17, 15) is 4.79 Å². The van der Waals surface area contributed by atoms with Crippen molar-refractivity contribution in [1.82, 2.24) is 4.98 Å². The number of methoxy groups -OCH3 is 2. The number of hydrogen-bond donors (Lipinski definition) is 1. The first kappa shape index (κ1) is 14.7. The maximum atomic E-state index is 11.5. The summed E-state index contributed by atoms with van der Waals surface area (Å²) >= 11 is 0. The summed E-state index contributed by atoms with van der Waals surface area (Å²) in [5.41, 5.74) is 0.738. The number of carbonyl (C=O) groups is 1. The van der Waals surface area contributed by atoms with Crippen LogP contribution in [-0.4, -0.2) is 31.8 Å². The third-order valence-electron chi connectivity index (χ3n) is 2.64. The standard InChI is InChI=1S/C14H16N2O5/c1-4-20-13(17)11-8-21-14(16-11)15-10-6-5-9(18-2)7-12(10)19-3/h5-8H,4H2,1-3H3,(H,15,16). The van der Waals surface area contributed by atoms with E-state index >= 15 is 0 Å². The van der Waals surface area contributed by atoms with E-state index in [0.717, 1.165) is 0 Å². The molecule has 0 unspecified atom stereocenters. The van der Waals surface area contributed by atoms with Crippen LogP contribution in [0.15, 0.2) is 28.9 Å². The van der Waals surface area contributed by atoms with Gasteiger partial charge in [-0.15, -0.1) is 0 Å². The van der Waals surface area contributed by atoms with Gasteiger partial charge in [-0.2, -0.15) is 4.98 Å². The molecular weight excluding hydrogens is 276 g/mol. The Balaban J connectivity index is 2.16. The van der Waals surface area contributed by atoms with Gasteiger partial charge in [0, 0.05) is 6.07 Å². The Kier molecular flexibility index (Phi) is 4.65. The van der Waals surface area contributed by atoms with Gasteiger partial charge in [0.15, 0.2) is 5.69 Å². The number of esters is 1. The van der Waals surface area contributed by atoms with Crippen molar-refractivity contribution in [2.75, 3.05) is 26.1 Å². The SMILES string of the molecule is CCOC(=O)c1coc(Nc2ccc(OC)cc2OC)n1. The van der Waals surface area contributed by atoms with Crippen molar-refractivity contribution in [2.24, 2.45) is 0 Å². The molecule has 0 saturated heterocycles. The van der Waals surface area contributed by atoms with E-state index in [4.69, 9.17) is 18.6 Å². The van der Waals surface area contributed by atoms with Gasteiger partial charge in [-0.1, -0.05) is 0 Å². The molecule has 0 atom stereocenters. The number of anilines is 2. The summed E-state index contributed by atoms with van der Waals surface area (Å²) in [6.07, 6.45) is 1.23. The summed E-state index contributed by atoms with van der Waals surface area (Å²) in [6.45, 7) is 2.00. The van der Waals surface area contributed by atoms with Gasteiger partial charge in [-0.25, -0.2) is 4.79 Å². The Morgan fingerprint density at radius 3 is 2.81 bits per heavy atom. The average molecular weight is 292 g/mol. The van der Waals surface area contributed by atoms with Gasteiger partial charge in [0.1, 0.15) is 17.8 Å². The van der Waals surface area contributed by atoms with E-state index in [1.165, 1.54) is 6.26 Å². The second kappa shape index (κ2) is 6.65. The van der Waals surface area contributed by atoms with Crippen LogP contribution in [0.25, 0.3) is 0 Å². The lowest BCUT2D eigenvalue weighted by Gasteiger charge is -2.09. The normalized spacial score (nSPS) is 10.0. The predicted octanol–water partition coefficient (Wildman–Crippen LogP) is 2.61. The number of nitrogens with zero attached hydrogens (tertiary/aromatic N) is 1. The molecule has 0 aliphatic carbocycles. The van der Waals surface area contributed by atoms with Crippen molar-refractivity contribution in [3.8, 4) is 11.5 Å². The van der Waals surface area contributed by atoms with Crippen molar-refractivity contribution in [3.63, 3.8) is 0 Å². The lowest BCUT2D eigenvalue weighted by molar-refractivity contribution is 0.0519. The highest BCUT2D eigenvalue weighted by molar-refractivity contribution is 5.87. The molecule has 1 N–H and O–H groups in total. The van der Waals surface area contributed by atoms with Crippen LogP contribution < -0.4 is 14.8 Å². The Hall–Kier alpha value is -2.70. The molecule has 0 radical (unpaired) electrons. The number of rotatable bonds is 6. The van der Waals surface area contributed by atoms with Crippen LogP contribution in [0.1, 0.15) is 17.4 Å². The number of benzene rings is 1. The van der Waals surface area contributed by atoms with Crippen LogP contribution >= 0.6 is 0 Å². The van der Waals surface area contributed by atoms with Crippen LogP contribution in [-0.2, 0) is 4.74 Å². The Morgan fingerprint density at radius 1 is 1.33 bits per heavy atom. The van der Waals surface area contributed by atoms with Crippen molar-refractivity contribution in [3.05, 3.63) is 30.2 Å². The molecule has 1 heterocycles. The molecule has 1 aromatic carbocycles. The van der Waals surface area contributed by atoms with Gasteiger partial charge in [-0.3, -0.25) is 0 Å². The van der Waals surface area contributed by atoms with Gasteiger partial charge in [0.05, 0.1) is 26.5 Å². The van der Waals surface area contributed by atoms with E-state index in [1.807, 2.05) is 0 Å². The van der Waals surface area contributed by atoms with Gasteiger partial charge >= 0.3 is 5.97 Å². The van der Waals surface area contributed by atoms with Gasteiger partial charge in [0.25, 0.3) is 6.01 Å². The van der Waals surface area contributed by atoms with Crippen molar-refractivity contribution in [1.29, 1.82) is 0 Å². The molecule has 0 fully saturated rings. The van der Waals surface area contributed by atoms with E-state index in [1.54, 1.807) is 39.3 Å². The zero-order chi connectivity index (χ0) is 15.2. The molecule has 7 heteroatoms. The number of ether oxygens (including phenoxy) is 3. The fourth-order valence-corrected chi connectivity index (χ4v) is 1.65. The van der Waals surface area contributed by atoms with E-state index in [-0.39, 0.29) is 18.3 Å². The molecule has 0 saturated carbocycles. The Labute approximate surface area is 121 Å². The topological polar surface area (TPSA) is 82.8 Å². The first-order valence-corrected chi connectivity index (χ1v) is 6.29. The smallest absolute Gasteiger partial charge is 0.360 e. The first-order chi connectivity index (χ1) is 10.2. The molecule has 0 bridgehead atoms. The third kappa shape index (κ3) is 3.44. The van der Waals surface area contributed by atoms with Crippen LogP contribution in [0.4, 0.5) is 11.7 Å². The summed E-state index contributed by atoms with van der Waals surface area (Å²) in [5, 5.41) is 2.93. The number of carbonyl (C=O) groups excluding carboxylic acids is 1. The van der Waals surface area contributed by atoms with Crippen LogP contribution in [0, 0.1) is 0 Å². The van der Waals surface area contributed by atoms with Crippen molar-refractivity contribution in [2.45, 2.75) is 6.92 Å². The molecule has 0 aliphatic heterocycles. The quantitative estimate of drug-likeness (QED) is 0.819. The zero-order valence-electron chi connectivity index (χ0n) is 12.0.